The monoisotopic (exact) mass is 625 g/mol. The van der Waals surface area contributed by atoms with Gasteiger partial charge in [-0.05, 0) is 37.4 Å². The first-order chi connectivity index (χ1) is 21.7. The van der Waals surface area contributed by atoms with Crippen LogP contribution >= 0.6 is 0 Å². The summed E-state index contributed by atoms with van der Waals surface area (Å²) in [5, 5.41) is 10.3. The van der Waals surface area contributed by atoms with Gasteiger partial charge in [-0.2, -0.15) is 18.3 Å². The van der Waals surface area contributed by atoms with E-state index in [4.69, 9.17) is 9.47 Å². The Balaban J connectivity index is 1.32. The van der Waals surface area contributed by atoms with Gasteiger partial charge >= 0.3 is 6.18 Å². The second kappa shape index (κ2) is 14.5. The van der Waals surface area contributed by atoms with E-state index in [1.54, 1.807) is 53.4 Å². The highest BCUT2D eigenvalue weighted by atomic mass is 19.4. The van der Waals surface area contributed by atoms with Gasteiger partial charge in [0.25, 0.3) is 5.91 Å². The molecule has 0 unspecified atom stereocenters. The van der Waals surface area contributed by atoms with Crippen molar-refractivity contribution in [2.75, 3.05) is 75.7 Å². The van der Waals surface area contributed by atoms with Gasteiger partial charge in [0.1, 0.15) is 28.6 Å². The molecule has 0 aliphatic carbocycles. The minimum atomic E-state index is -4.61. The summed E-state index contributed by atoms with van der Waals surface area (Å²) in [6, 6.07) is 11.0. The van der Waals surface area contributed by atoms with E-state index in [0.29, 0.717) is 69.6 Å². The smallest absolute Gasteiger partial charge is 0.382 e. The average molecular weight is 626 g/mol. The zero-order valence-electron chi connectivity index (χ0n) is 24.9. The fourth-order valence-electron chi connectivity index (χ4n) is 4.69. The molecule has 0 aromatic carbocycles. The Morgan fingerprint density at radius 2 is 1.84 bits per heavy atom. The van der Waals surface area contributed by atoms with Crippen molar-refractivity contribution >= 4 is 28.9 Å². The summed E-state index contributed by atoms with van der Waals surface area (Å²) in [6.45, 7) is 3.91. The molecule has 0 spiro atoms. The third kappa shape index (κ3) is 8.32. The number of amides is 1. The lowest BCUT2D eigenvalue weighted by molar-refractivity contribution is -0.137. The van der Waals surface area contributed by atoms with Crippen molar-refractivity contribution in [2.45, 2.75) is 12.7 Å². The predicted molar refractivity (Wildman–Crippen MR) is 163 cm³/mol. The molecule has 4 aromatic rings. The normalized spacial score (nSPS) is 14.0. The number of hydrogen-bond acceptors (Lipinski definition) is 10. The molecule has 238 valence electrons. The first kappa shape index (κ1) is 31.8. The van der Waals surface area contributed by atoms with Crippen LogP contribution in [-0.2, 0) is 22.2 Å². The number of rotatable bonds is 12. The number of nitrogens with zero attached hydrogens (tertiary/aromatic N) is 7. The van der Waals surface area contributed by atoms with Crippen LogP contribution in [-0.4, -0.2) is 95.7 Å². The molecular formula is C30H34F3N9O3. The molecule has 1 aliphatic rings. The van der Waals surface area contributed by atoms with E-state index in [2.05, 4.69) is 35.6 Å². The second-order valence-corrected chi connectivity index (χ2v) is 10.3. The molecule has 5 rings (SSSR count). The number of carbonyl (C=O) groups excluding carboxylic acids is 1. The number of halogens is 3. The minimum Gasteiger partial charge on any atom is -0.382 e. The SMILES string of the molecule is COCCOCCn1cc(NC(=O)c2cccc(Nc3cnc(N4CCN(C)CC4)c(C(F)(F)F)c3)n2)c(-c2ccccn2)n1. The maximum absolute atomic E-state index is 14.1. The fraction of sp³-hybridized carbons (Fsp3) is 0.367. The van der Waals surface area contributed by atoms with E-state index in [-0.39, 0.29) is 23.0 Å². The number of nitrogens with one attached hydrogen (secondary N) is 2. The third-order valence-electron chi connectivity index (χ3n) is 7.04. The molecule has 15 heteroatoms. The largest absolute Gasteiger partial charge is 0.420 e. The topological polar surface area (TPSA) is 123 Å². The van der Waals surface area contributed by atoms with Gasteiger partial charge < -0.3 is 29.9 Å². The molecule has 0 atom stereocenters. The second-order valence-electron chi connectivity index (χ2n) is 10.3. The van der Waals surface area contributed by atoms with Crippen LogP contribution in [0.2, 0.25) is 0 Å². The summed E-state index contributed by atoms with van der Waals surface area (Å²) in [5.74, 6) is -0.460. The molecule has 5 heterocycles. The van der Waals surface area contributed by atoms with Crippen LogP contribution in [0.25, 0.3) is 11.4 Å². The highest BCUT2D eigenvalue weighted by Gasteiger charge is 2.37. The van der Waals surface area contributed by atoms with Crippen molar-refractivity contribution in [1.82, 2.24) is 29.6 Å². The number of piperazine rings is 1. The number of methoxy groups -OCH3 is 1. The van der Waals surface area contributed by atoms with Crippen molar-refractivity contribution in [1.29, 1.82) is 0 Å². The lowest BCUT2D eigenvalue weighted by Crippen LogP contribution is -2.45. The molecule has 0 saturated carbocycles. The van der Waals surface area contributed by atoms with Crippen molar-refractivity contribution in [3.05, 3.63) is 72.3 Å². The maximum Gasteiger partial charge on any atom is 0.420 e. The zero-order chi connectivity index (χ0) is 31.8. The van der Waals surface area contributed by atoms with Crippen molar-refractivity contribution in [2.24, 2.45) is 0 Å². The minimum absolute atomic E-state index is 0.0423. The van der Waals surface area contributed by atoms with Crippen LogP contribution in [0.5, 0.6) is 0 Å². The molecular weight excluding hydrogens is 591 g/mol. The molecule has 1 amide bonds. The maximum atomic E-state index is 14.1. The number of carbonyl (C=O) groups is 1. The summed E-state index contributed by atoms with van der Waals surface area (Å²) in [7, 11) is 3.53. The van der Waals surface area contributed by atoms with Gasteiger partial charge in [0.2, 0.25) is 0 Å². The Labute approximate surface area is 258 Å². The molecule has 4 aromatic heterocycles. The molecule has 1 aliphatic heterocycles. The van der Waals surface area contributed by atoms with E-state index in [0.717, 1.165) is 6.07 Å². The van der Waals surface area contributed by atoms with Crippen LogP contribution in [0, 0.1) is 0 Å². The number of aromatic nitrogens is 5. The lowest BCUT2D eigenvalue weighted by Gasteiger charge is -2.34. The summed E-state index contributed by atoms with van der Waals surface area (Å²) in [6.07, 6.45) is 0.0331. The summed E-state index contributed by atoms with van der Waals surface area (Å²) in [4.78, 5) is 29.9. The van der Waals surface area contributed by atoms with E-state index in [9.17, 15) is 18.0 Å². The van der Waals surface area contributed by atoms with E-state index < -0.39 is 17.6 Å². The lowest BCUT2D eigenvalue weighted by atomic mass is 10.2. The molecule has 1 saturated heterocycles. The predicted octanol–water partition coefficient (Wildman–Crippen LogP) is 4.16. The van der Waals surface area contributed by atoms with Crippen LogP contribution in [0.1, 0.15) is 16.1 Å². The highest BCUT2D eigenvalue weighted by Crippen LogP contribution is 2.37. The highest BCUT2D eigenvalue weighted by molar-refractivity contribution is 6.04. The van der Waals surface area contributed by atoms with E-state index in [1.165, 1.54) is 12.3 Å². The first-order valence-electron chi connectivity index (χ1n) is 14.3. The number of hydrogen-bond donors (Lipinski definition) is 2. The van der Waals surface area contributed by atoms with E-state index in [1.807, 2.05) is 13.1 Å². The van der Waals surface area contributed by atoms with Crippen molar-refractivity contribution in [3.8, 4) is 11.4 Å². The molecule has 45 heavy (non-hydrogen) atoms. The van der Waals surface area contributed by atoms with Crippen LogP contribution < -0.4 is 15.5 Å². The van der Waals surface area contributed by atoms with Gasteiger partial charge in [-0.15, -0.1) is 0 Å². The van der Waals surface area contributed by atoms with Gasteiger partial charge in [-0.3, -0.25) is 14.5 Å². The number of pyridine rings is 3. The number of likely N-dealkylation sites (N-methyl/N-ethyl adjacent to an activating group) is 1. The Bertz CT molecular complexity index is 1580. The van der Waals surface area contributed by atoms with Crippen molar-refractivity contribution in [3.63, 3.8) is 0 Å². The first-order valence-corrected chi connectivity index (χ1v) is 14.3. The van der Waals surface area contributed by atoms with Crippen LogP contribution in [0.15, 0.2) is 61.1 Å². The Hall–Kier alpha value is -4.60. The number of anilines is 4. The van der Waals surface area contributed by atoms with E-state index >= 15 is 0 Å². The molecule has 12 nitrogen and oxygen atoms in total. The summed E-state index contributed by atoms with van der Waals surface area (Å²) in [5.41, 5.74) is 0.727. The zero-order valence-corrected chi connectivity index (χ0v) is 24.9. The quantitative estimate of drug-likeness (QED) is 0.222. The van der Waals surface area contributed by atoms with Crippen LogP contribution in [0.3, 0.4) is 0 Å². The van der Waals surface area contributed by atoms with Gasteiger partial charge in [0, 0.05) is 45.7 Å². The Kier molecular flexibility index (Phi) is 10.2. The van der Waals surface area contributed by atoms with Crippen molar-refractivity contribution < 1.29 is 27.4 Å². The molecule has 0 bridgehead atoms. The standard InChI is InChI=1S/C30H34F3N9O3/c1-40-10-12-41(13-11-40)28-22(30(31,32)33)18-21(19-35-28)36-26-8-5-7-24(37-26)29(43)38-25-20-42(14-15-45-17-16-44-2)39-27(25)23-6-3-4-9-34-23/h3-9,18-20H,10-17H2,1-2H3,(H,36,37)(H,38,43). The van der Waals surface area contributed by atoms with Crippen LogP contribution in [0.4, 0.5) is 36.2 Å². The molecule has 1 fully saturated rings. The summed E-state index contributed by atoms with van der Waals surface area (Å²) >= 11 is 0. The fourth-order valence-corrected chi connectivity index (χ4v) is 4.69. The van der Waals surface area contributed by atoms with Gasteiger partial charge in [-0.25, -0.2) is 9.97 Å². The summed E-state index contributed by atoms with van der Waals surface area (Å²) < 4.78 is 54.3. The number of ether oxygens (including phenoxy) is 2. The number of alkyl halides is 3. The molecule has 2 N–H and O–H groups in total. The van der Waals surface area contributed by atoms with Gasteiger partial charge in [-0.1, -0.05) is 12.1 Å². The Morgan fingerprint density at radius 3 is 2.58 bits per heavy atom. The van der Waals surface area contributed by atoms with Gasteiger partial charge in [0.05, 0.1) is 49.6 Å². The average Bonchev–Trinajstić information content (AvgIpc) is 3.44. The molecule has 0 radical (unpaired) electrons. The Morgan fingerprint density at radius 1 is 1.02 bits per heavy atom. The van der Waals surface area contributed by atoms with Gasteiger partial charge in [0.15, 0.2) is 0 Å². The third-order valence-corrected chi connectivity index (χ3v) is 7.04.